The lowest BCUT2D eigenvalue weighted by Crippen LogP contribution is -2.31. The molecule has 1 aromatic heterocycles. The quantitative estimate of drug-likeness (QED) is 0.648. The Kier molecular flexibility index (Phi) is 2.10. The Morgan fingerprint density at radius 3 is 3.00 bits per heavy atom. The summed E-state index contributed by atoms with van der Waals surface area (Å²) >= 11 is 0. The summed E-state index contributed by atoms with van der Waals surface area (Å²) in [5, 5.41) is 1.68. The van der Waals surface area contributed by atoms with Crippen molar-refractivity contribution in [3.63, 3.8) is 0 Å². The Morgan fingerprint density at radius 1 is 1.38 bits per heavy atom. The largest absolute Gasteiger partial charge is 0.305 e. The first-order valence-corrected chi connectivity index (χ1v) is 4.18. The van der Waals surface area contributed by atoms with Gasteiger partial charge in [0.25, 0.3) is 0 Å². The Hall–Kier alpha value is -1.61. The summed E-state index contributed by atoms with van der Waals surface area (Å²) < 4.78 is 0. The Morgan fingerprint density at radius 2 is 2.31 bits per heavy atom. The Balaban J connectivity index is 2.35. The van der Waals surface area contributed by atoms with Crippen molar-refractivity contribution in [1.29, 1.82) is 0 Å². The van der Waals surface area contributed by atoms with Gasteiger partial charge in [0.1, 0.15) is 0 Å². The topological polar surface area (TPSA) is 42.1 Å². The highest BCUT2D eigenvalue weighted by Gasteiger charge is 2.08. The molecule has 1 aliphatic heterocycles. The second-order valence-corrected chi connectivity index (χ2v) is 2.85. The molecule has 1 aliphatic rings. The number of hydrogen-bond acceptors (Lipinski definition) is 3. The second-order valence-electron chi connectivity index (χ2n) is 2.85. The van der Waals surface area contributed by atoms with E-state index in [4.69, 9.17) is 5.84 Å². The molecule has 0 amide bonds. The number of allylic oxidation sites excluding steroid dienone is 2. The van der Waals surface area contributed by atoms with Crippen LogP contribution in [-0.2, 0) is 0 Å². The van der Waals surface area contributed by atoms with Crippen LogP contribution in [0.4, 0.5) is 0 Å². The summed E-state index contributed by atoms with van der Waals surface area (Å²) in [6, 6.07) is 5.80. The molecule has 0 aromatic carbocycles. The van der Waals surface area contributed by atoms with E-state index in [9.17, 15) is 0 Å². The van der Waals surface area contributed by atoms with Gasteiger partial charge in [0, 0.05) is 6.20 Å². The van der Waals surface area contributed by atoms with Crippen LogP contribution >= 0.6 is 0 Å². The van der Waals surface area contributed by atoms with E-state index in [1.165, 1.54) is 0 Å². The van der Waals surface area contributed by atoms with Crippen molar-refractivity contribution in [2.45, 2.75) is 0 Å². The molecule has 0 aliphatic carbocycles. The van der Waals surface area contributed by atoms with Gasteiger partial charge in [-0.3, -0.25) is 4.98 Å². The van der Waals surface area contributed by atoms with Crippen LogP contribution in [0.25, 0.3) is 5.70 Å². The molecule has 0 saturated heterocycles. The second kappa shape index (κ2) is 3.41. The molecule has 3 nitrogen and oxygen atoms in total. The lowest BCUT2D eigenvalue weighted by molar-refractivity contribution is 0.457. The molecule has 66 valence electrons. The summed E-state index contributed by atoms with van der Waals surface area (Å²) in [6.45, 7) is 0.738. The van der Waals surface area contributed by atoms with E-state index in [-0.39, 0.29) is 0 Å². The maximum Gasteiger partial charge on any atom is 0.0876 e. The number of nitrogens with zero attached hydrogens (tertiary/aromatic N) is 2. The lowest BCUT2D eigenvalue weighted by Gasteiger charge is -2.21. The zero-order valence-electron chi connectivity index (χ0n) is 7.22. The highest BCUT2D eigenvalue weighted by atomic mass is 15.4. The maximum absolute atomic E-state index is 5.78. The van der Waals surface area contributed by atoms with E-state index in [1.54, 1.807) is 11.2 Å². The van der Waals surface area contributed by atoms with Crippen LogP contribution < -0.4 is 5.84 Å². The van der Waals surface area contributed by atoms with Gasteiger partial charge in [0.05, 0.1) is 17.9 Å². The van der Waals surface area contributed by atoms with Gasteiger partial charge < -0.3 is 5.01 Å². The zero-order chi connectivity index (χ0) is 9.10. The van der Waals surface area contributed by atoms with Crippen LogP contribution in [0.2, 0.25) is 0 Å². The lowest BCUT2D eigenvalue weighted by atomic mass is 10.2. The van der Waals surface area contributed by atoms with Gasteiger partial charge in [0.2, 0.25) is 0 Å². The number of aromatic nitrogens is 1. The minimum atomic E-state index is 0.738. The van der Waals surface area contributed by atoms with Crippen LogP contribution in [0.3, 0.4) is 0 Å². The van der Waals surface area contributed by atoms with Crippen LogP contribution in [0.1, 0.15) is 5.69 Å². The van der Waals surface area contributed by atoms with Crippen LogP contribution in [-0.4, -0.2) is 16.5 Å². The van der Waals surface area contributed by atoms with Gasteiger partial charge in [-0.25, -0.2) is 5.84 Å². The Labute approximate surface area is 77.2 Å². The van der Waals surface area contributed by atoms with Crippen molar-refractivity contribution in [2.75, 3.05) is 6.54 Å². The minimum Gasteiger partial charge on any atom is -0.305 e. The number of hydrazine groups is 1. The highest BCUT2D eigenvalue weighted by molar-refractivity contribution is 5.63. The molecule has 0 atom stereocenters. The van der Waals surface area contributed by atoms with E-state index in [2.05, 4.69) is 4.98 Å². The molecule has 0 radical (unpaired) electrons. The molecule has 0 spiro atoms. The molecular formula is C10H11N3. The van der Waals surface area contributed by atoms with Crippen molar-refractivity contribution in [3.05, 3.63) is 48.3 Å². The third-order valence-electron chi connectivity index (χ3n) is 1.93. The fourth-order valence-corrected chi connectivity index (χ4v) is 1.27. The van der Waals surface area contributed by atoms with Crippen molar-refractivity contribution < 1.29 is 0 Å². The van der Waals surface area contributed by atoms with Crippen molar-refractivity contribution in [3.8, 4) is 0 Å². The van der Waals surface area contributed by atoms with Gasteiger partial charge >= 0.3 is 0 Å². The van der Waals surface area contributed by atoms with E-state index < -0.39 is 0 Å². The molecule has 0 saturated carbocycles. The van der Waals surface area contributed by atoms with Crippen molar-refractivity contribution >= 4 is 5.70 Å². The van der Waals surface area contributed by atoms with E-state index in [0.717, 1.165) is 17.9 Å². The monoisotopic (exact) mass is 173 g/mol. The first-order valence-electron chi connectivity index (χ1n) is 4.18. The molecule has 3 heteroatoms. The molecule has 0 fully saturated rings. The van der Waals surface area contributed by atoms with E-state index >= 15 is 0 Å². The van der Waals surface area contributed by atoms with Gasteiger partial charge in [-0.05, 0) is 18.2 Å². The van der Waals surface area contributed by atoms with Gasteiger partial charge in [-0.15, -0.1) is 0 Å². The van der Waals surface area contributed by atoms with Crippen LogP contribution in [0, 0.1) is 0 Å². The Bertz CT molecular complexity index is 340. The van der Waals surface area contributed by atoms with E-state index in [1.807, 2.05) is 36.4 Å². The standard InChI is InChI=1S/C10H11N3/c11-13-8-4-2-6-10(13)9-5-1-3-7-12-9/h1-7H,8,11H2. The smallest absolute Gasteiger partial charge is 0.0876 e. The van der Waals surface area contributed by atoms with Crippen LogP contribution in [0.15, 0.2) is 42.6 Å². The number of hydrogen-bond donors (Lipinski definition) is 1. The summed E-state index contributed by atoms with van der Waals surface area (Å²) in [4.78, 5) is 4.23. The number of nitrogens with two attached hydrogens (primary N) is 1. The number of pyridine rings is 1. The molecule has 2 rings (SSSR count). The molecule has 0 unspecified atom stereocenters. The first-order chi connectivity index (χ1) is 6.38. The number of rotatable bonds is 1. The van der Waals surface area contributed by atoms with Gasteiger partial charge in [-0.2, -0.15) is 0 Å². The fraction of sp³-hybridized carbons (Fsp3) is 0.100. The first kappa shape index (κ1) is 8.01. The molecule has 1 aromatic rings. The van der Waals surface area contributed by atoms with Gasteiger partial charge in [0.15, 0.2) is 0 Å². The minimum absolute atomic E-state index is 0.738. The molecule has 13 heavy (non-hydrogen) atoms. The third kappa shape index (κ3) is 1.60. The SMILES string of the molecule is NN1CC=CC=C1c1ccccn1. The average molecular weight is 173 g/mol. The summed E-state index contributed by atoms with van der Waals surface area (Å²) in [6.07, 6.45) is 7.73. The average Bonchev–Trinajstić information content (AvgIpc) is 2.20. The predicted molar refractivity (Wildman–Crippen MR) is 52.2 cm³/mol. The molecule has 0 bridgehead atoms. The summed E-state index contributed by atoms with van der Waals surface area (Å²) in [7, 11) is 0. The highest BCUT2D eigenvalue weighted by Crippen LogP contribution is 2.15. The van der Waals surface area contributed by atoms with Crippen molar-refractivity contribution in [2.24, 2.45) is 5.84 Å². The third-order valence-corrected chi connectivity index (χ3v) is 1.93. The van der Waals surface area contributed by atoms with Gasteiger partial charge in [-0.1, -0.05) is 18.2 Å². The summed E-state index contributed by atoms with van der Waals surface area (Å²) in [5.74, 6) is 5.78. The molecule has 2 heterocycles. The molecule has 2 N–H and O–H groups in total. The maximum atomic E-state index is 5.78. The molecular weight excluding hydrogens is 162 g/mol. The predicted octanol–water partition coefficient (Wildman–Crippen LogP) is 1.17. The normalized spacial score (nSPS) is 15.8. The van der Waals surface area contributed by atoms with Crippen LogP contribution in [0.5, 0.6) is 0 Å². The van der Waals surface area contributed by atoms with E-state index in [0.29, 0.717) is 0 Å². The zero-order valence-corrected chi connectivity index (χ0v) is 7.22. The van der Waals surface area contributed by atoms with Crippen molar-refractivity contribution in [1.82, 2.24) is 9.99 Å². The fourth-order valence-electron chi connectivity index (χ4n) is 1.27. The summed E-state index contributed by atoms with van der Waals surface area (Å²) in [5.41, 5.74) is 1.87.